The molecule has 1 atom stereocenters. The molecule has 0 saturated heterocycles. The van der Waals surface area contributed by atoms with Crippen LogP contribution in [0.25, 0.3) is 0 Å². The second-order valence-corrected chi connectivity index (χ2v) is 10.9. The van der Waals surface area contributed by atoms with Gasteiger partial charge in [0.05, 0.1) is 18.4 Å². The Labute approximate surface area is 228 Å². The smallest absolute Gasteiger partial charge is 0.325 e. The second-order valence-electron chi connectivity index (χ2n) is 8.62. The molecule has 2 amide bonds. The number of nitrogens with zero attached hydrogens (tertiary/aromatic N) is 5. The van der Waals surface area contributed by atoms with Gasteiger partial charge in [0, 0.05) is 21.9 Å². The van der Waals surface area contributed by atoms with E-state index in [1.165, 1.54) is 30.2 Å². The third-order valence-electron chi connectivity index (χ3n) is 5.49. The summed E-state index contributed by atoms with van der Waals surface area (Å²) in [6.45, 7) is 2.74. The summed E-state index contributed by atoms with van der Waals surface area (Å²) >= 11 is 2.86. The Kier molecular flexibility index (Phi) is 9.05. The van der Waals surface area contributed by atoms with Crippen molar-refractivity contribution in [2.24, 2.45) is 0 Å². The van der Waals surface area contributed by atoms with Crippen LogP contribution in [0.3, 0.4) is 0 Å². The number of urea groups is 1. The number of tetrazole rings is 1. The van der Waals surface area contributed by atoms with Crippen LogP contribution in [0.1, 0.15) is 38.0 Å². The molecule has 0 bridgehead atoms. The van der Waals surface area contributed by atoms with Gasteiger partial charge in [-0.1, -0.05) is 35.5 Å². The minimum atomic E-state index is -0.500. The first-order valence-electron chi connectivity index (χ1n) is 11.7. The van der Waals surface area contributed by atoms with Crippen molar-refractivity contribution in [1.82, 2.24) is 30.5 Å². The summed E-state index contributed by atoms with van der Waals surface area (Å²) in [5.41, 5.74) is 2.06. The number of ketones is 1. The van der Waals surface area contributed by atoms with Gasteiger partial charge in [0.25, 0.3) is 0 Å². The summed E-state index contributed by atoms with van der Waals surface area (Å²) in [6.07, 6.45) is 2.58. The average Bonchev–Trinajstić information content (AvgIpc) is 3.59. The van der Waals surface area contributed by atoms with Crippen LogP contribution >= 0.6 is 23.1 Å². The number of methoxy groups -OCH3 is 1. The number of hydrogen-bond acceptors (Lipinski definition) is 10. The number of nitrogens with one attached hydrogen (secondary N) is 3. The zero-order valence-corrected chi connectivity index (χ0v) is 23.0. The Balaban J connectivity index is 1.49. The monoisotopic (exact) mass is 552 g/mol. The average molecular weight is 553 g/mol. The molecule has 38 heavy (non-hydrogen) atoms. The highest BCUT2D eigenvalue weighted by molar-refractivity contribution is 7.99. The maximum Gasteiger partial charge on any atom is 0.325 e. The van der Waals surface area contributed by atoms with Crippen molar-refractivity contribution in [1.29, 1.82) is 0 Å². The number of aromatic amines is 1. The Morgan fingerprint density at radius 1 is 1.16 bits per heavy atom. The number of carbonyl (C=O) groups is 2. The van der Waals surface area contributed by atoms with Crippen molar-refractivity contribution in [2.75, 3.05) is 38.4 Å². The molecule has 2 aromatic heterocycles. The summed E-state index contributed by atoms with van der Waals surface area (Å²) in [5.74, 6) is 0.215. The van der Waals surface area contributed by atoms with Crippen LogP contribution in [-0.2, 0) is 0 Å². The first-order chi connectivity index (χ1) is 18.3. The molecule has 2 heterocycles. The number of anilines is 2. The molecule has 0 aliphatic heterocycles. The lowest BCUT2D eigenvalue weighted by Gasteiger charge is -2.15. The molecular weight excluding hydrogens is 524 g/mol. The normalized spacial score (nSPS) is 11.8. The summed E-state index contributed by atoms with van der Waals surface area (Å²) < 4.78 is 5.36. The number of para-hydroxylation sites is 1. The summed E-state index contributed by atoms with van der Waals surface area (Å²) in [4.78, 5) is 33.7. The first-order valence-corrected chi connectivity index (χ1v) is 13.4. The maximum absolute atomic E-state index is 13.4. The number of hydrogen-bond donors (Lipinski definition) is 3. The molecule has 198 valence electrons. The van der Waals surface area contributed by atoms with Crippen LogP contribution < -0.4 is 15.4 Å². The molecule has 0 radical (unpaired) electrons. The third-order valence-corrected chi connectivity index (χ3v) is 7.83. The molecule has 13 heteroatoms. The van der Waals surface area contributed by atoms with Crippen molar-refractivity contribution in [3.05, 3.63) is 70.2 Å². The van der Waals surface area contributed by atoms with E-state index in [2.05, 4.69) is 41.1 Å². The van der Waals surface area contributed by atoms with Gasteiger partial charge in [0.2, 0.25) is 5.16 Å². The van der Waals surface area contributed by atoms with Crippen LogP contribution in [0.4, 0.5) is 15.6 Å². The van der Waals surface area contributed by atoms with Crippen molar-refractivity contribution >= 4 is 45.7 Å². The SMILES string of the molecule is COc1ccccc1C(=O)c1cc(C)ccc1NC(=O)Nc1ncc(C(CCN(C)C)Sc2nn[nH]n2)s1. The largest absolute Gasteiger partial charge is 0.496 e. The fraction of sp³-hybridized carbons (Fsp3) is 0.280. The zero-order chi connectivity index (χ0) is 27.1. The van der Waals surface area contributed by atoms with Gasteiger partial charge < -0.3 is 15.0 Å². The Hall–Kier alpha value is -3.81. The Morgan fingerprint density at radius 3 is 2.71 bits per heavy atom. The number of amides is 2. The van der Waals surface area contributed by atoms with E-state index in [4.69, 9.17) is 4.74 Å². The van der Waals surface area contributed by atoms with Gasteiger partial charge in [-0.2, -0.15) is 5.21 Å². The van der Waals surface area contributed by atoms with E-state index >= 15 is 0 Å². The maximum atomic E-state index is 13.4. The molecule has 11 nitrogen and oxygen atoms in total. The molecule has 0 aliphatic rings. The van der Waals surface area contributed by atoms with Crippen molar-refractivity contribution < 1.29 is 14.3 Å². The summed E-state index contributed by atoms with van der Waals surface area (Å²) in [7, 11) is 5.54. The van der Waals surface area contributed by atoms with Gasteiger partial charge in [-0.3, -0.25) is 10.1 Å². The van der Waals surface area contributed by atoms with Crippen LogP contribution in [0, 0.1) is 6.92 Å². The lowest BCUT2D eigenvalue weighted by Crippen LogP contribution is -2.21. The number of H-pyrrole nitrogens is 1. The molecular formula is C25H28N8O3S2. The van der Waals surface area contributed by atoms with E-state index in [1.807, 2.05) is 27.1 Å². The number of ether oxygens (including phenoxy) is 1. The number of rotatable bonds is 11. The van der Waals surface area contributed by atoms with Crippen LogP contribution in [0.15, 0.2) is 53.8 Å². The standard InChI is InChI=1S/C25H28N8O3S2/c1-15-9-10-18(17(13-15)22(34)16-7-5-6-8-19(16)36-4)27-23(35)28-24-26-14-21(38-24)20(11-12-33(2)3)37-25-29-31-32-30-25/h5-10,13-14,20H,11-12H2,1-4H3,(H2,26,27,28,35)(H,29,30,31,32). The first kappa shape index (κ1) is 27.2. The van der Waals surface area contributed by atoms with E-state index in [1.54, 1.807) is 42.6 Å². The molecule has 3 N–H and O–H groups in total. The third kappa shape index (κ3) is 6.94. The number of aromatic nitrogens is 5. The lowest BCUT2D eigenvalue weighted by atomic mass is 9.99. The molecule has 4 aromatic rings. The zero-order valence-electron chi connectivity index (χ0n) is 21.4. The minimum absolute atomic E-state index is 0.0355. The molecule has 1 unspecified atom stereocenters. The number of thiazole rings is 1. The quantitative estimate of drug-likeness (QED) is 0.179. The highest BCUT2D eigenvalue weighted by atomic mass is 32.2. The van der Waals surface area contributed by atoms with E-state index in [0.717, 1.165) is 23.4 Å². The lowest BCUT2D eigenvalue weighted by molar-refractivity contribution is 0.103. The molecule has 2 aromatic carbocycles. The van der Waals surface area contributed by atoms with Crippen LogP contribution in [-0.4, -0.2) is 70.1 Å². The van der Waals surface area contributed by atoms with Crippen molar-refractivity contribution in [3.63, 3.8) is 0 Å². The fourth-order valence-electron chi connectivity index (χ4n) is 3.64. The van der Waals surface area contributed by atoms with E-state index in [9.17, 15) is 9.59 Å². The van der Waals surface area contributed by atoms with Gasteiger partial charge in [0.1, 0.15) is 5.75 Å². The fourth-order valence-corrected chi connectivity index (χ4v) is 5.59. The van der Waals surface area contributed by atoms with Gasteiger partial charge in [-0.15, -0.1) is 21.5 Å². The van der Waals surface area contributed by atoms with E-state index in [-0.39, 0.29) is 11.0 Å². The molecule has 0 spiro atoms. The molecule has 0 saturated carbocycles. The van der Waals surface area contributed by atoms with E-state index in [0.29, 0.717) is 32.9 Å². The Morgan fingerprint density at radius 2 is 1.97 bits per heavy atom. The highest BCUT2D eigenvalue weighted by Crippen LogP contribution is 2.39. The predicted molar refractivity (Wildman–Crippen MR) is 148 cm³/mol. The van der Waals surface area contributed by atoms with Gasteiger partial charge >= 0.3 is 6.03 Å². The molecule has 0 fully saturated rings. The van der Waals surface area contributed by atoms with Crippen LogP contribution in [0.5, 0.6) is 5.75 Å². The number of thioether (sulfide) groups is 1. The van der Waals surface area contributed by atoms with Crippen molar-refractivity contribution in [3.8, 4) is 5.75 Å². The van der Waals surface area contributed by atoms with Gasteiger partial charge in [-0.25, -0.2) is 9.78 Å². The Bertz CT molecular complexity index is 1390. The molecule has 4 rings (SSSR count). The predicted octanol–water partition coefficient (Wildman–Crippen LogP) is 4.63. The second kappa shape index (κ2) is 12.6. The summed E-state index contributed by atoms with van der Waals surface area (Å²) in [6, 6.07) is 11.8. The van der Waals surface area contributed by atoms with E-state index < -0.39 is 6.03 Å². The number of benzene rings is 2. The van der Waals surface area contributed by atoms with Crippen molar-refractivity contribution in [2.45, 2.75) is 23.8 Å². The highest BCUT2D eigenvalue weighted by Gasteiger charge is 2.21. The molecule has 0 aliphatic carbocycles. The summed E-state index contributed by atoms with van der Waals surface area (Å²) in [5, 5.41) is 20.8. The number of aryl methyl sites for hydroxylation is 1. The topological polar surface area (TPSA) is 138 Å². The minimum Gasteiger partial charge on any atom is -0.496 e. The van der Waals surface area contributed by atoms with Gasteiger partial charge in [-0.05, 0) is 63.5 Å². The van der Waals surface area contributed by atoms with Gasteiger partial charge in [0.15, 0.2) is 10.9 Å². The number of carbonyl (C=O) groups excluding carboxylic acids is 2. The van der Waals surface area contributed by atoms with Crippen LogP contribution in [0.2, 0.25) is 0 Å².